The van der Waals surface area contributed by atoms with Crippen molar-refractivity contribution in [1.29, 1.82) is 0 Å². The molecule has 17 heavy (non-hydrogen) atoms. The SMILES string of the molecule is O=S(=O)(CCl)N1CC=C(c2ccccc2)CC1. The van der Waals surface area contributed by atoms with E-state index in [-0.39, 0.29) is 5.21 Å². The largest absolute Gasteiger partial charge is 0.228 e. The minimum atomic E-state index is -3.27. The van der Waals surface area contributed by atoms with Crippen molar-refractivity contribution in [2.75, 3.05) is 18.3 Å². The maximum atomic E-state index is 11.6. The lowest BCUT2D eigenvalue weighted by atomic mass is 10.0. The second kappa shape index (κ2) is 5.21. The van der Waals surface area contributed by atoms with Crippen molar-refractivity contribution in [2.24, 2.45) is 0 Å². The van der Waals surface area contributed by atoms with Crippen LogP contribution in [0.3, 0.4) is 0 Å². The standard InChI is InChI=1S/C12H14ClNO2S/c13-10-17(15,16)14-8-6-12(7-9-14)11-4-2-1-3-5-11/h1-6H,7-10H2. The molecule has 1 aromatic carbocycles. The van der Waals surface area contributed by atoms with E-state index in [1.54, 1.807) is 0 Å². The number of rotatable bonds is 3. The average Bonchev–Trinajstić information content (AvgIpc) is 2.40. The fraction of sp³-hybridized carbons (Fsp3) is 0.333. The summed E-state index contributed by atoms with van der Waals surface area (Å²) in [6, 6.07) is 10.0. The van der Waals surface area contributed by atoms with Crippen LogP contribution in [0.4, 0.5) is 0 Å². The summed E-state index contributed by atoms with van der Waals surface area (Å²) in [4.78, 5) is 0. The highest BCUT2D eigenvalue weighted by atomic mass is 35.5. The quantitative estimate of drug-likeness (QED) is 0.791. The molecule has 0 atom stereocenters. The van der Waals surface area contributed by atoms with Crippen LogP contribution < -0.4 is 0 Å². The zero-order valence-electron chi connectivity index (χ0n) is 9.34. The molecule has 0 saturated heterocycles. The summed E-state index contributed by atoms with van der Waals surface area (Å²) >= 11 is 5.43. The summed E-state index contributed by atoms with van der Waals surface area (Å²) in [5.74, 6) is 0. The molecule has 0 bridgehead atoms. The van der Waals surface area contributed by atoms with Gasteiger partial charge in [-0.25, -0.2) is 8.42 Å². The molecule has 1 aliphatic heterocycles. The van der Waals surface area contributed by atoms with Crippen LogP contribution in [0.25, 0.3) is 5.57 Å². The summed E-state index contributed by atoms with van der Waals surface area (Å²) in [7, 11) is -3.27. The maximum absolute atomic E-state index is 11.6. The third-order valence-corrected chi connectivity index (χ3v) is 5.07. The van der Waals surface area contributed by atoms with Gasteiger partial charge in [0.05, 0.1) is 0 Å². The second-order valence-electron chi connectivity index (χ2n) is 3.92. The van der Waals surface area contributed by atoms with Gasteiger partial charge in [0.15, 0.2) is 0 Å². The molecule has 0 N–H and O–H groups in total. The van der Waals surface area contributed by atoms with E-state index in [4.69, 9.17) is 11.6 Å². The zero-order chi connectivity index (χ0) is 12.3. The highest BCUT2D eigenvalue weighted by Crippen LogP contribution is 2.23. The lowest BCUT2D eigenvalue weighted by Gasteiger charge is -2.25. The highest BCUT2D eigenvalue weighted by molar-refractivity contribution is 7.90. The topological polar surface area (TPSA) is 37.4 Å². The molecule has 0 aliphatic carbocycles. The molecule has 1 aliphatic rings. The maximum Gasteiger partial charge on any atom is 0.228 e. The molecule has 0 radical (unpaired) electrons. The molecule has 0 fully saturated rings. The Morgan fingerprint density at radius 3 is 2.47 bits per heavy atom. The Hall–Kier alpha value is -0.840. The van der Waals surface area contributed by atoms with Gasteiger partial charge >= 0.3 is 0 Å². The minimum absolute atomic E-state index is 0.346. The van der Waals surface area contributed by atoms with Crippen molar-refractivity contribution in [3.63, 3.8) is 0 Å². The van der Waals surface area contributed by atoms with Crippen molar-refractivity contribution in [3.8, 4) is 0 Å². The summed E-state index contributed by atoms with van der Waals surface area (Å²) in [6.07, 6.45) is 2.70. The van der Waals surface area contributed by atoms with Gasteiger partial charge in [0, 0.05) is 13.1 Å². The summed E-state index contributed by atoms with van der Waals surface area (Å²) in [6.45, 7) is 0.926. The van der Waals surface area contributed by atoms with Crippen LogP contribution in [0.1, 0.15) is 12.0 Å². The third kappa shape index (κ3) is 2.89. The van der Waals surface area contributed by atoms with Gasteiger partial charge < -0.3 is 0 Å². The molecule has 2 rings (SSSR count). The number of benzene rings is 1. The Morgan fingerprint density at radius 1 is 1.24 bits per heavy atom. The summed E-state index contributed by atoms with van der Waals surface area (Å²) < 4.78 is 24.5. The van der Waals surface area contributed by atoms with Crippen molar-refractivity contribution in [1.82, 2.24) is 4.31 Å². The Bertz CT molecular complexity index is 511. The van der Waals surface area contributed by atoms with E-state index in [0.717, 1.165) is 12.0 Å². The smallest absolute Gasteiger partial charge is 0.211 e. The lowest BCUT2D eigenvalue weighted by Crippen LogP contribution is -2.35. The molecule has 1 heterocycles. The molecule has 1 aromatic rings. The van der Waals surface area contributed by atoms with Gasteiger partial charge in [0.2, 0.25) is 10.0 Å². The first kappa shape index (κ1) is 12.6. The molecule has 0 unspecified atom stereocenters. The van der Waals surface area contributed by atoms with E-state index >= 15 is 0 Å². The Labute approximate surface area is 107 Å². The van der Waals surface area contributed by atoms with Crippen molar-refractivity contribution in [3.05, 3.63) is 42.0 Å². The summed E-state index contributed by atoms with van der Waals surface area (Å²) in [5, 5.41) is -0.346. The normalized spacial score (nSPS) is 17.8. The van der Waals surface area contributed by atoms with Gasteiger partial charge in [0.1, 0.15) is 5.21 Å². The molecule has 0 spiro atoms. The van der Waals surface area contributed by atoms with Gasteiger partial charge in [0.25, 0.3) is 0 Å². The minimum Gasteiger partial charge on any atom is -0.211 e. The number of hydrogen-bond donors (Lipinski definition) is 0. The zero-order valence-corrected chi connectivity index (χ0v) is 10.9. The Morgan fingerprint density at radius 2 is 1.94 bits per heavy atom. The van der Waals surface area contributed by atoms with Crippen LogP contribution in [0.2, 0.25) is 0 Å². The van der Waals surface area contributed by atoms with Crippen LogP contribution >= 0.6 is 11.6 Å². The van der Waals surface area contributed by atoms with Gasteiger partial charge in [-0.2, -0.15) is 4.31 Å². The van der Waals surface area contributed by atoms with E-state index < -0.39 is 10.0 Å². The first-order valence-corrected chi connectivity index (χ1v) is 7.56. The van der Waals surface area contributed by atoms with Gasteiger partial charge in [-0.1, -0.05) is 36.4 Å². The number of nitrogens with zero attached hydrogens (tertiary/aromatic N) is 1. The lowest BCUT2D eigenvalue weighted by molar-refractivity contribution is 0.444. The number of sulfonamides is 1. The molecule has 92 valence electrons. The fourth-order valence-electron chi connectivity index (χ4n) is 1.89. The predicted octanol–water partition coefficient (Wildman–Crippen LogP) is 2.30. The molecule has 0 saturated carbocycles. The molecular formula is C12H14ClNO2S. The number of alkyl halides is 1. The number of hydrogen-bond acceptors (Lipinski definition) is 2. The van der Waals surface area contributed by atoms with E-state index in [9.17, 15) is 8.42 Å². The first-order chi connectivity index (χ1) is 8.13. The van der Waals surface area contributed by atoms with Gasteiger partial charge in [-0.05, 0) is 17.6 Å². The molecule has 3 nitrogen and oxygen atoms in total. The third-order valence-electron chi connectivity index (χ3n) is 2.85. The Kier molecular flexibility index (Phi) is 3.86. The predicted molar refractivity (Wildman–Crippen MR) is 70.2 cm³/mol. The fourth-order valence-corrected chi connectivity index (χ4v) is 3.11. The monoisotopic (exact) mass is 271 g/mol. The van der Waals surface area contributed by atoms with Crippen LogP contribution in [0, 0.1) is 0 Å². The molecule has 0 aromatic heterocycles. The Balaban J connectivity index is 2.14. The van der Waals surface area contributed by atoms with Crippen LogP contribution in [0.15, 0.2) is 36.4 Å². The van der Waals surface area contributed by atoms with Gasteiger partial charge in [-0.3, -0.25) is 0 Å². The van der Waals surface area contributed by atoms with E-state index in [0.29, 0.717) is 13.1 Å². The molecular weight excluding hydrogens is 258 g/mol. The van der Waals surface area contributed by atoms with Crippen molar-refractivity contribution >= 4 is 27.2 Å². The average molecular weight is 272 g/mol. The van der Waals surface area contributed by atoms with Crippen LogP contribution in [-0.4, -0.2) is 31.0 Å². The molecule has 5 heteroatoms. The van der Waals surface area contributed by atoms with Crippen molar-refractivity contribution in [2.45, 2.75) is 6.42 Å². The van der Waals surface area contributed by atoms with Crippen LogP contribution in [0.5, 0.6) is 0 Å². The highest BCUT2D eigenvalue weighted by Gasteiger charge is 2.23. The molecule has 0 amide bonds. The van der Waals surface area contributed by atoms with Crippen molar-refractivity contribution < 1.29 is 8.42 Å². The van der Waals surface area contributed by atoms with Gasteiger partial charge in [-0.15, -0.1) is 11.6 Å². The van der Waals surface area contributed by atoms with E-state index in [1.165, 1.54) is 9.88 Å². The second-order valence-corrected chi connectivity index (χ2v) is 6.48. The first-order valence-electron chi connectivity index (χ1n) is 5.42. The summed E-state index contributed by atoms with van der Waals surface area (Å²) in [5.41, 5.74) is 2.36. The van der Waals surface area contributed by atoms with E-state index in [2.05, 4.69) is 0 Å². The number of halogens is 1. The van der Waals surface area contributed by atoms with Crippen LogP contribution in [-0.2, 0) is 10.0 Å². The van der Waals surface area contributed by atoms with E-state index in [1.807, 2.05) is 36.4 Å².